The van der Waals surface area contributed by atoms with Gasteiger partial charge in [-0.15, -0.1) is 11.3 Å². The van der Waals surface area contributed by atoms with Crippen molar-refractivity contribution >= 4 is 34.2 Å². The average Bonchev–Trinajstić information content (AvgIpc) is 3.14. The van der Waals surface area contributed by atoms with Crippen molar-refractivity contribution in [2.75, 3.05) is 17.7 Å². The molecule has 4 N–H and O–H groups in total. The quantitative estimate of drug-likeness (QED) is 0.461. The van der Waals surface area contributed by atoms with Crippen LogP contribution >= 0.6 is 11.3 Å². The third-order valence-corrected chi connectivity index (χ3v) is 4.86. The molecule has 0 aromatic carbocycles. The third-order valence-electron chi connectivity index (χ3n) is 3.78. The van der Waals surface area contributed by atoms with Crippen LogP contribution in [0.5, 0.6) is 0 Å². The normalized spacial score (nSPS) is 11.3. The van der Waals surface area contributed by atoms with E-state index in [1.54, 1.807) is 38.5 Å². The summed E-state index contributed by atoms with van der Waals surface area (Å²) >= 11 is 1.26. The molecule has 3 aromatic heterocycles. The summed E-state index contributed by atoms with van der Waals surface area (Å²) in [6.45, 7) is 1.80. The van der Waals surface area contributed by atoms with E-state index in [1.165, 1.54) is 29.8 Å². The summed E-state index contributed by atoms with van der Waals surface area (Å²) in [6.07, 6.45) is 5.90. The van der Waals surface area contributed by atoms with Crippen LogP contribution in [0.25, 0.3) is 16.0 Å². The zero-order chi connectivity index (χ0) is 19.4. The molecule has 138 valence electrons. The Kier molecular flexibility index (Phi) is 5.41. The van der Waals surface area contributed by atoms with E-state index in [0.717, 1.165) is 10.6 Å². The predicted octanol–water partition coefficient (Wildman–Crippen LogP) is 3.03. The van der Waals surface area contributed by atoms with Crippen LogP contribution in [0.15, 0.2) is 43.0 Å². The monoisotopic (exact) mass is 384 g/mol. The summed E-state index contributed by atoms with van der Waals surface area (Å²) < 4.78 is 13.0. The summed E-state index contributed by atoms with van der Waals surface area (Å²) in [5.41, 5.74) is 8.64. The van der Waals surface area contributed by atoms with Crippen molar-refractivity contribution in [3.8, 4) is 10.4 Å². The van der Waals surface area contributed by atoms with Gasteiger partial charge in [0, 0.05) is 31.2 Å². The van der Waals surface area contributed by atoms with Crippen LogP contribution in [0, 0.1) is 12.9 Å². The van der Waals surface area contributed by atoms with Crippen molar-refractivity contribution in [1.29, 1.82) is 0 Å². The van der Waals surface area contributed by atoms with Gasteiger partial charge in [0.05, 0.1) is 33.7 Å². The Morgan fingerprint density at radius 3 is 2.70 bits per heavy atom. The largest absolute Gasteiger partial charge is 0.404 e. The van der Waals surface area contributed by atoms with Gasteiger partial charge < -0.3 is 16.4 Å². The maximum atomic E-state index is 13.0. The fraction of sp³-hybridized carbons (Fsp3) is 0.111. The van der Waals surface area contributed by atoms with Crippen molar-refractivity contribution in [3.05, 3.63) is 59.6 Å². The molecule has 0 unspecified atom stereocenters. The van der Waals surface area contributed by atoms with Crippen LogP contribution in [-0.4, -0.2) is 27.9 Å². The zero-order valence-electron chi connectivity index (χ0n) is 14.7. The number of rotatable bonds is 5. The van der Waals surface area contributed by atoms with E-state index in [4.69, 9.17) is 5.73 Å². The maximum Gasteiger partial charge on any atom is 0.260 e. The highest BCUT2D eigenvalue weighted by atomic mass is 32.1. The number of pyridine rings is 2. The Bertz CT molecular complexity index is 999. The molecule has 0 saturated heterocycles. The lowest BCUT2D eigenvalue weighted by Gasteiger charge is -2.10. The summed E-state index contributed by atoms with van der Waals surface area (Å²) in [7, 11) is 1.77. The first-order chi connectivity index (χ1) is 13.0. The van der Waals surface area contributed by atoms with Crippen LogP contribution in [0.4, 0.5) is 15.8 Å². The number of aromatic nitrogens is 3. The fourth-order valence-electron chi connectivity index (χ4n) is 2.28. The molecule has 0 atom stereocenters. The van der Waals surface area contributed by atoms with Crippen LogP contribution in [-0.2, 0) is 4.79 Å². The molecule has 3 rings (SSSR count). The highest BCUT2D eigenvalue weighted by Gasteiger charge is 2.17. The van der Waals surface area contributed by atoms with E-state index in [0.29, 0.717) is 22.0 Å². The molecule has 0 spiro atoms. The van der Waals surface area contributed by atoms with Crippen LogP contribution in [0.3, 0.4) is 0 Å². The highest BCUT2D eigenvalue weighted by molar-refractivity contribution is 7.16. The van der Waals surface area contributed by atoms with E-state index < -0.39 is 11.9 Å². The first-order valence-corrected chi connectivity index (χ1v) is 8.79. The van der Waals surface area contributed by atoms with E-state index in [9.17, 15) is 9.18 Å². The average molecular weight is 384 g/mol. The minimum Gasteiger partial charge on any atom is -0.404 e. The van der Waals surface area contributed by atoms with Gasteiger partial charge in [-0.2, -0.15) is 4.39 Å². The Balaban J connectivity index is 1.83. The lowest BCUT2D eigenvalue weighted by molar-refractivity contribution is -0.111. The molecule has 0 radical (unpaired) electrons. The van der Waals surface area contributed by atoms with E-state index in [2.05, 4.69) is 25.6 Å². The Hall–Kier alpha value is -3.33. The van der Waals surface area contributed by atoms with Gasteiger partial charge in [-0.25, -0.2) is 9.97 Å². The third kappa shape index (κ3) is 4.09. The van der Waals surface area contributed by atoms with Gasteiger partial charge in [-0.3, -0.25) is 9.78 Å². The number of nitrogens with zero attached hydrogens (tertiary/aromatic N) is 3. The summed E-state index contributed by atoms with van der Waals surface area (Å²) in [5, 5.41) is 6.23. The Morgan fingerprint density at radius 1 is 1.22 bits per heavy atom. The minimum absolute atomic E-state index is 0.232. The molecule has 0 fully saturated rings. The molecule has 0 aliphatic rings. The second-order valence-electron chi connectivity index (χ2n) is 5.54. The second-order valence-corrected chi connectivity index (χ2v) is 6.57. The number of aryl methyl sites for hydroxylation is 1. The van der Waals surface area contributed by atoms with E-state index in [1.807, 2.05) is 0 Å². The van der Waals surface area contributed by atoms with Gasteiger partial charge in [-0.05, 0) is 25.1 Å². The van der Waals surface area contributed by atoms with E-state index in [-0.39, 0.29) is 5.57 Å². The fourth-order valence-corrected chi connectivity index (χ4v) is 3.21. The van der Waals surface area contributed by atoms with Gasteiger partial charge in [0.15, 0.2) is 0 Å². The predicted molar refractivity (Wildman–Crippen MR) is 105 cm³/mol. The van der Waals surface area contributed by atoms with Crippen molar-refractivity contribution in [2.24, 2.45) is 5.73 Å². The SMILES string of the molecule is CNc1cnc(C)c(NC(=O)/C(=C/N)c2ncc(-c3ccc(F)nc3)s2)c1. The molecule has 0 aliphatic carbocycles. The minimum atomic E-state index is -0.557. The number of carbonyl (C=O) groups excluding carboxylic acids is 1. The van der Waals surface area contributed by atoms with Gasteiger partial charge in [0.2, 0.25) is 5.95 Å². The molecule has 9 heteroatoms. The smallest absolute Gasteiger partial charge is 0.260 e. The molecule has 27 heavy (non-hydrogen) atoms. The Labute approximate surface area is 159 Å². The first kappa shape index (κ1) is 18.5. The standard InChI is InChI=1S/C18H17FN6OS/c1-10-14(5-12(21-2)8-22-10)25-17(26)13(6-20)18-24-9-15(27-18)11-3-4-16(19)23-7-11/h3-9,21H,20H2,1-2H3,(H,25,26)/b13-6-. The molecule has 3 heterocycles. The Morgan fingerprint density at radius 2 is 2.04 bits per heavy atom. The van der Waals surface area contributed by atoms with Crippen LogP contribution < -0.4 is 16.4 Å². The number of nitrogens with two attached hydrogens (primary N) is 1. The lowest BCUT2D eigenvalue weighted by Crippen LogP contribution is -2.16. The number of hydrogen-bond acceptors (Lipinski definition) is 7. The summed E-state index contributed by atoms with van der Waals surface area (Å²) in [5.74, 6) is -0.952. The van der Waals surface area contributed by atoms with Gasteiger partial charge in [-0.1, -0.05) is 0 Å². The number of halogens is 1. The van der Waals surface area contributed by atoms with Crippen LogP contribution in [0.1, 0.15) is 10.7 Å². The van der Waals surface area contributed by atoms with Gasteiger partial charge in [0.25, 0.3) is 5.91 Å². The second kappa shape index (κ2) is 7.92. The molecule has 1 amide bonds. The summed E-state index contributed by atoms with van der Waals surface area (Å²) in [6, 6.07) is 4.65. The zero-order valence-corrected chi connectivity index (χ0v) is 15.5. The molecule has 0 bridgehead atoms. The van der Waals surface area contributed by atoms with Crippen molar-refractivity contribution in [2.45, 2.75) is 6.92 Å². The lowest BCUT2D eigenvalue weighted by atomic mass is 10.2. The maximum absolute atomic E-state index is 13.0. The number of nitrogens with one attached hydrogen (secondary N) is 2. The molecule has 0 aliphatic heterocycles. The van der Waals surface area contributed by atoms with Crippen LogP contribution in [0.2, 0.25) is 0 Å². The first-order valence-electron chi connectivity index (χ1n) is 7.97. The van der Waals surface area contributed by atoms with Crippen molar-refractivity contribution in [3.63, 3.8) is 0 Å². The van der Waals surface area contributed by atoms with Gasteiger partial charge >= 0.3 is 0 Å². The molecule has 3 aromatic rings. The number of thiazole rings is 1. The molecular formula is C18H17FN6OS. The number of amides is 1. The molecule has 7 nitrogen and oxygen atoms in total. The van der Waals surface area contributed by atoms with Crippen molar-refractivity contribution < 1.29 is 9.18 Å². The highest BCUT2D eigenvalue weighted by Crippen LogP contribution is 2.30. The van der Waals surface area contributed by atoms with E-state index >= 15 is 0 Å². The van der Waals surface area contributed by atoms with Gasteiger partial charge in [0.1, 0.15) is 5.01 Å². The number of carbonyl (C=O) groups is 1. The topological polar surface area (TPSA) is 106 Å². The molecular weight excluding hydrogens is 367 g/mol. The number of anilines is 2. The van der Waals surface area contributed by atoms with Crippen molar-refractivity contribution in [1.82, 2.24) is 15.0 Å². The number of hydrogen-bond donors (Lipinski definition) is 3. The molecule has 0 saturated carbocycles. The summed E-state index contributed by atoms with van der Waals surface area (Å²) in [4.78, 5) is 25.6.